The molecule has 3 heterocycles. The molecule has 0 spiro atoms. The second kappa shape index (κ2) is 9.44. The van der Waals surface area contributed by atoms with Crippen LogP contribution in [0.1, 0.15) is 35.4 Å². The lowest BCUT2D eigenvalue weighted by Gasteiger charge is -2.28. The molecule has 1 saturated heterocycles. The molecule has 1 unspecified atom stereocenters. The van der Waals surface area contributed by atoms with E-state index in [4.69, 9.17) is 0 Å². The van der Waals surface area contributed by atoms with Gasteiger partial charge in [-0.2, -0.15) is 0 Å². The van der Waals surface area contributed by atoms with E-state index in [2.05, 4.69) is 26.6 Å². The molecule has 6 rings (SSSR count). The molecule has 4 N–H and O–H groups in total. The number of piperazine rings is 1. The van der Waals surface area contributed by atoms with E-state index in [1.807, 2.05) is 30.3 Å². The molecule has 1 amide bonds. The normalized spacial score (nSPS) is 21.1. The highest BCUT2D eigenvalue weighted by atomic mass is 19.1. The zero-order valence-corrected chi connectivity index (χ0v) is 19.9. The number of anilines is 1. The van der Waals surface area contributed by atoms with Crippen LogP contribution < -0.4 is 10.6 Å². The molecule has 2 aliphatic heterocycles. The number of aromatic nitrogens is 1. The number of aromatic amines is 1. The topological polar surface area (TPSA) is 64.7 Å². The number of halogens is 1. The van der Waals surface area contributed by atoms with Crippen molar-refractivity contribution < 1.29 is 14.5 Å². The zero-order valence-electron chi connectivity index (χ0n) is 19.9. The van der Waals surface area contributed by atoms with Gasteiger partial charge in [0.25, 0.3) is 5.91 Å². The van der Waals surface area contributed by atoms with Crippen molar-refractivity contribution in [2.45, 2.75) is 25.7 Å². The molecular weight excluding hydrogens is 439 g/mol. The number of nitrogens with one attached hydrogen (secondary N) is 2. The average Bonchev–Trinajstić information content (AvgIpc) is 3.43. The van der Waals surface area contributed by atoms with Crippen LogP contribution in [0.3, 0.4) is 0 Å². The van der Waals surface area contributed by atoms with Crippen LogP contribution >= 0.6 is 0 Å². The largest absolute Gasteiger partial charge is 0.359 e. The maximum atomic E-state index is 14.6. The first-order chi connectivity index (χ1) is 17.2. The minimum absolute atomic E-state index is 0.145. The number of H-pyrrole nitrogens is 1. The third-order valence-corrected chi connectivity index (χ3v) is 7.77. The smallest absolute Gasteiger partial charge is 0.256 e. The Morgan fingerprint density at radius 2 is 1.91 bits per heavy atom. The van der Waals surface area contributed by atoms with Gasteiger partial charge >= 0.3 is 0 Å². The fraction of sp³-hybridized carbons (Fsp3) is 0.345. The Morgan fingerprint density at radius 1 is 1.09 bits per heavy atom. The molecule has 1 atom stereocenters. The van der Waals surface area contributed by atoms with E-state index in [1.165, 1.54) is 62.9 Å². The Morgan fingerprint density at radius 3 is 2.77 bits per heavy atom. The molecule has 1 aliphatic carbocycles. The first-order valence-corrected chi connectivity index (χ1v) is 12.8. The average molecular weight is 472 g/mol. The first-order valence-electron chi connectivity index (χ1n) is 12.8. The number of hydrogen-bond acceptors (Lipinski definition) is 2. The minimum atomic E-state index is -0.288. The molecule has 0 radical (unpaired) electrons. The van der Waals surface area contributed by atoms with E-state index in [0.717, 1.165) is 35.3 Å². The maximum absolute atomic E-state index is 14.6. The molecule has 1 fully saturated rings. The van der Waals surface area contributed by atoms with Crippen molar-refractivity contribution >= 4 is 23.2 Å². The second-order valence-corrected chi connectivity index (χ2v) is 10.1. The van der Waals surface area contributed by atoms with E-state index in [-0.39, 0.29) is 11.7 Å². The van der Waals surface area contributed by atoms with Crippen LogP contribution in [-0.4, -0.2) is 48.5 Å². The molecule has 2 aromatic carbocycles. The third kappa shape index (κ3) is 4.44. The van der Waals surface area contributed by atoms with Crippen LogP contribution in [0.15, 0.2) is 48.5 Å². The van der Waals surface area contributed by atoms with Gasteiger partial charge in [0, 0.05) is 41.3 Å². The highest BCUT2D eigenvalue weighted by molar-refractivity contribution is 6.36. The summed E-state index contributed by atoms with van der Waals surface area (Å²) in [6, 6.07) is 14.6. The molecule has 3 aliphatic rings. The van der Waals surface area contributed by atoms with Crippen LogP contribution in [0.4, 0.5) is 10.1 Å². The van der Waals surface area contributed by atoms with Crippen LogP contribution in [0.5, 0.6) is 0 Å². The number of amides is 1. The summed E-state index contributed by atoms with van der Waals surface area (Å²) in [4.78, 5) is 19.1. The van der Waals surface area contributed by atoms with Gasteiger partial charge in [0.15, 0.2) is 0 Å². The number of aryl methyl sites for hydroxylation is 1. The Kier molecular flexibility index (Phi) is 6.00. The highest BCUT2D eigenvalue weighted by Crippen LogP contribution is 2.41. The summed E-state index contributed by atoms with van der Waals surface area (Å²) >= 11 is 0. The van der Waals surface area contributed by atoms with Crippen LogP contribution in [0, 0.1) is 11.7 Å². The minimum Gasteiger partial charge on any atom is -0.359 e. The summed E-state index contributed by atoms with van der Waals surface area (Å²) in [5, 5.41) is 5.37. The van der Waals surface area contributed by atoms with Gasteiger partial charge in [0.1, 0.15) is 5.82 Å². The lowest BCUT2D eigenvalue weighted by molar-refractivity contribution is -0.663. The fourth-order valence-electron chi connectivity index (χ4n) is 5.90. The zero-order chi connectivity index (χ0) is 23.8. The van der Waals surface area contributed by atoms with Gasteiger partial charge in [0.2, 0.25) is 0 Å². The Balaban J connectivity index is 1.25. The van der Waals surface area contributed by atoms with Crippen molar-refractivity contribution in [3.05, 3.63) is 76.9 Å². The molecule has 5 nitrogen and oxygen atoms in total. The van der Waals surface area contributed by atoms with Crippen molar-refractivity contribution in [1.82, 2.24) is 9.88 Å². The van der Waals surface area contributed by atoms with Crippen molar-refractivity contribution in [3.8, 4) is 11.1 Å². The highest BCUT2D eigenvalue weighted by Gasteiger charge is 2.29. The lowest BCUT2D eigenvalue weighted by atomic mass is 9.85. The number of carbonyl (C=O) groups excluding carboxylic acids is 1. The molecule has 6 heteroatoms. The Hall–Kier alpha value is -3.22. The van der Waals surface area contributed by atoms with Crippen LogP contribution in [-0.2, 0) is 17.6 Å². The predicted molar refractivity (Wildman–Crippen MR) is 137 cm³/mol. The van der Waals surface area contributed by atoms with E-state index in [1.54, 1.807) is 12.1 Å². The number of nitrogens with two attached hydrogens (primary N) is 1. The van der Waals surface area contributed by atoms with Gasteiger partial charge in [-0.25, -0.2) is 4.39 Å². The number of quaternary nitrogens is 1. The van der Waals surface area contributed by atoms with Crippen molar-refractivity contribution in [1.29, 1.82) is 0 Å². The molecular formula is C29H32FN4O+. The van der Waals surface area contributed by atoms with Gasteiger partial charge < -0.3 is 15.6 Å². The van der Waals surface area contributed by atoms with Gasteiger partial charge in [-0.3, -0.25) is 9.69 Å². The second-order valence-electron chi connectivity index (χ2n) is 10.1. The Bertz CT molecular complexity index is 1290. The monoisotopic (exact) mass is 471 g/mol. The summed E-state index contributed by atoms with van der Waals surface area (Å²) in [6.45, 7) is 6.06. The van der Waals surface area contributed by atoms with Crippen molar-refractivity contribution in [2.75, 3.05) is 38.0 Å². The van der Waals surface area contributed by atoms with Gasteiger partial charge in [0.05, 0.1) is 18.7 Å². The Labute approximate surface area is 205 Å². The molecule has 1 aromatic heterocycles. The van der Waals surface area contributed by atoms with Gasteiger partial charge in [-0.1, -0.05) is 30.3 Å². The van der Waals surface area contributed by atoms with E-state index >= 15 is 0 Å². The van der Waals surface area contributed by atoms with Gasteiger partial charge in [-0.05, 0) is 73.5 Å². The van der Waals surface area contributed by atoms with Crippen molar-refractivity contribution in [3.63, 3.8) is 0 Å². The number of rotatable bonds is 5. The van der Waals surface area contributed by atoms with Crippen LogP contribution in [0.2, 0.25) is 0 Å². The summed E-state index contributed by atoms with van der Waals surface area (Å²) in [7, 11) is 0. The number of hydrogen-bond donors (Lipinski definition) is 3. The molecule has 0 saturated carbocycles. The molecule has 180 valence electrons. The summed E-state index contributed by atoms with van der Waals surface area (Å²) in [5.74, 6) is 0.282. The lowest BCUT2D eigenvalue weighted by Crippen LogP contribution is -2.89. The predicted octanol–water partition coefficient (Wildman–Crippen LogP) is 3.69. The molecule has 35 heavy (non-hydrogen) atoms. The first kappa shape index (κ1) is 22.3. The summed E-state index contributed by atoms with van der Waals surface area (Å²) < 4.78 is 14.6. The maximum Gasteiger partial charge on any atom is 0.256 e. The number of benzene rings is 2. The van der Waals surface area contributed by atoms with E-state index < -0.39 is 0 Å². The number of carbonyl (C=O) groups is 1. The van der Waals surface area contributed by atoms with Gasteiger partial charge in [-0.15, -0.1) is 0 Å². The summed E-state index contributed by atoms with van der Waals surface area (Å²) in [6.07, 6.45) is 6.55. The SMILES string of the molecule is O=C1Nc2cccc(-c3ccccc3F)c2C1=Cc1cc2c([nH]1)CCC(CCN1CC[NH2+]CC1)C2. The standard InChI is InChI=1S/C29H31FN4O/c30-25-6-2-1-4-22(25)23-5-3-7-27-28(23)24(29(35)33-27)18-21-17-20-16-19(8-9-26(20)32-21)10-13-34-14-11-31-12-15-34/h1-7,17-19,31-32H,8-16H2,(H,33,35)/p+1. The third-order valence-electron chi connectivity index (χ3n) is 7.77. The van der Waals surface area contributed by atoms with Crippen LogP contribution in [0.25, 0.3) is 22.8 Å². The molecule has 0 bridgehead atoms. The fourth-order valence-corrected chi connectivity index (χ4v) is 5.90. The number of nitrogens with zero attached hydrogens (tertiary/aromatic N) is 1. The van der Waals surface area contributed by atoms with E-state index in [9.17, 15) is 9.18 Å². The number of fused-ring (bicyclic) bond motifs is 2. The quantitative estimate of drug-likeness (QED) is 0.497. The molecule has 3 aromatic rings. The summed E-state index contributed by atoms with van der Waals surface area (Å²) in [5.41, 5.74) is 6.94. The van der Waals surface area contributed by atoms with E-state index in [0.29, 0.717) is 17.1 Å². The van der Waals surface area contributed by atoms with Crippen molar-refractivity contribution in [2.24, 2.45) is 5.92 Å².